The topological polar surface area (TPSA) is 75.7 Å². The predicted molar refractivity (Wildman–Crippen MR) is 16.5 cm³/mol. The lowest BCUT2D eigenvalue weighted by molar-refractivity contribution is -0.465. The predicted octanol–water partition coefficient (Wildman–Crippen LogP) is -0.476. The van der Waals surface area contributed by atoms with Crippen LogP contribution in [0.3, 0.4) is 0 Å². The normalized spacial score (nSPS) is 4.80. The zero-order valence-electron chi connectivity index (χ0n) is 2.88. The SMILES string of the molecule is CN.OOO. The molecule has 0 radical (unpaired) electrons. The van der Waals surface area contributed by atoms with E-state index in [1.165, 1.54) is 7.05 Å². The fourth-order valence-corrected chi connectivity index (χ4v) is 0. The first-order valence-electron chi connectivity index (χ1n) is 0.942. The summed E-state index contributed by atoms with van der Waals surface area (Å²) in [7, 11) is 1.50. The lowest BCUT2D eigenvalue weighted by atomic mass is 11.6. The van der Waals surface area contributed by atoms with Gasteiger partial charge >= 0.3 is 0 Å². The second-order valence-corrected chi connectivity index (χ2v) is 0.0816. The van der Waals surface area contributed by atoms with Gasteiger partial charge in [-0.25, -0.2) is 10.5 Å². The lowest BCUT2D eigenvalue weighted by Crippen LogP contribution is -1.69. The Kier molecular flexibility index (Phi) is 77.7. The Hall–Kier alpha value is -0.160. The van der Waals surface area contributed by atoms with Crippen LogP contribution in [0.5, 0.6) is 0 Å². The van der Waals surface area contributed by atoms with Crippen LogP contribution in [0.2, 0.25) is 0 Å². The van der Waals surface area contributed by atoms with Gasteiger partial charge in [0.1, 0.15) is 0 Å². The zero-order valence-corrected chi connectivity index (χ0v) is 2.88. The third-order valence-corrected chi connectivity index (χ3v) is 0. The van der Waals surface area contributed by atoms with Crippen molar-refractivity contribution in [2.24, 2.45) is 5.73 Å². The Bertz CT molecular complexity index is 6.85. The third kappa shape index (κ3) is 508. The second-order valence-electron chi connectivity index (χ2n) is 0.0816. The van der Waals surface area contributed by atoms with E-state index in [4.69, 9.17) is 10.5 Å². The highest BCUT2D eigenvalue weighted by atomic mass is 17.4. The molecule has 34 valence electrons. The fraction of sp³-hybridized carbons (Fsp3) is 1.00. The van der Waals surface area contributed by atoms with E-state index in [9.17, 15) is 0 Å². The molecule has 0 spiro atoms. The molecule has 0 aromatic rings. The van der Waals surface area contributed by atoms with E-state index in [1.54, 1.807) is 0 Å². The molecule has 4 heteroatoms. The molecule has 5 heavy (non-hydrogen) atoms. The molecule has 0 unspecified atom stereocenters. The van der Waals surface area contributed by atoms with Gasteiger partial charge in [0, 0.05) is 0 Å². The fourth-order valence-electron chi connectivity index (χ4n) is 0. The van der Waals surface area contributed by atoms with Gasteiger partial charge in [-0.1, -0.05) is 5.04 Å². The van der Waals surface area contributed by atoms with Gasteiger partial charge in [0.2, 0.25) is 0 Å². The minimum atomic E-state index is 1.50. The van der Waals surface area contributed by atoms with E-state index >= 15 is 0 Å². The minimum absolute atomic E-state index is 1.50. The smallest absolute Gasteiger partial charge is 0.0195 e. The molecule has 0 saturated carbocycles. The molecule has 0 atom stereocenters. The summed E-state index contributed by atoms with van der Waals surface area (Å²) in [5.41, 5.74) is 4.50. The molecule has 0 aliphatic rings. The Morgan fingerprint density at radius 2 is 1.40 bits per heavy atom. The van der Waals surface area contributed by atoms with Gasteiger partial charge in [-0.15, -0.1) is 0 Å². The van der Waals surface area contributed by atoms with Crippen LogP contribution in [0.4, 0.5) is 0 Å². The van der Waals surface area contributed by atoms with Gasteiger partial charge in [-0.3, -0.25) is 0 Å². The average molecular weight is 81.1 g/mol. The summed E-state index contributed by atoms with van der Waals surface area (Å²) in [5, 5.41) is 15.5. The molecule has 0 saturated heterocycles. The number of hydrogen-bond donors (Lipinski definition) is 3. The van der Waals surface area contributed by atoms with Crippen molar-refractivity contribution in [3.63, 3.8) is 0 Å². The first kappa shape index (κ1) is 8.85. The van der Waals surface area contributed by atoms with Gasteiger partial charge in [0.15, 0.2) is 0 Å². The molecule has 0 fully saturated rings. The average Bonchev–Trinajstić information content (AvgIpc) is 1.46. The third-order valence-electron chi connectivity index (χ3n) is 0. The highest BCUT2D eigenvalue weighted by molar-refractivity contribution is 3.54. The van der Waals surface area contributed by atoms with Gasteiger partial charge in [-0.05, 0) is 7.05 Å². The van der Waals surface area contributed by atoms with E-state index < -0.39 is 0 Å². The maximum absolute atomic E-state index is 6.62. The van der Waals surface area contributed by atoms with Crippen LogP contribution in [-0.4, -0.2) is 17.6 Å². The van der Waals surface area contributed by atoms with Crippen LogP contribution in [0.15, 0.2) is 0 Å². The van der Waals surface area contributed by atoms with Gasteiger partial charge < -0.3 is 5.73 Å². The largest absolute Gasteiger partial charge is 0.333 e. The molecule has 0 bridgehead atoms. The number of rotatable bonds is 0. The summed E-state index contributed by atoms with van der Waals surface area (Å²) < 4.78 is 0. The maximum Gasteiger partial charge on any atom is -0.0195 e. The van der Waals surface area contributed by atoms with Gasteiger partial charge in [0.25, 0.3) is 0 Å². The lowest BCUT2D eigenvalue weighted by Gasteiger charge is -1.56. The zero-order chi connectivity index (χ0) is 4.71. The first-order chi connectivity index (χ1) is 2.41. The quantitative estimate of drug-likeness (QED) is 0.272. The van der Waals surface area contributed by atoms with Crippen LogP contribution < -0.4 is 5.73 Å². The summed E-state index contributed by atoms with van der Waals surface area (Å²) in [4.78, 5) is 0. The van der Waals surface area contributed by atoms with Crippen LogP contribution in [-0.2, 0) is 5.04 Å². The molecule has 0 aliphatic carbocycles. The van der Waals surface area contributed by atoms with Crippen molar-refractivity contribution in [1.82, 2.24) is 0 Å². The van der Waals surface area contributed by atoms with E-state index in [1.807, 2.05) is 0 Å². The second kappa shape index (κ2) is 43.9. The van der Waals surface area contributed by atoms with Crippen LogP contribution in [0, 0.1) is 0 Å². The van der Waals surface area contributed by atoms with Crippen LogP contribution in [0.25, 0.3) is 0 Å². The van der Waals surface area contributed by atoms with Crippen molar-refractivity contribution < 1.29 is 15.6 Å². The van der Waals surface area contributed by atoms with Gasteiger partial charge in [0.05, 0.1) is 0 Å². The van der Waals surface area contributed by atoms with Crippen molar-refractivity contribution in [2.45, 2.75) is 0 Å². The van der Waals surface area contributed by atoms with Crippen molar-refractivity contribution in [2.75, 3.05) is 7.05 Å². The first-order valence-corrected chi connectivity index (χ1v) is 0.942. The summed E-state index contributed by atoms with van der Waals surface area (Å²) in [6.45, 7) is 0. The number of nitrogens with two attached hydrogens (primary N) is 1. The van der Waals surface area contributed by atoms with Crippen LogP contribution in [0.1, 0.15) is 0 Å². The standard InChI is InChI=1S/CH5N.H2O3/c1-2;1-3-2/h2H2,1H3;1-2H. The molecule has 0 aromatic carbocycles. The number of hydrogen-bond acceptors (Lipinski definition) is 4. The molecule has 0 aliphatic heterocycles. The Labute approximate surface area is 29.6 Å². The van der Waals surface area contributed by atoms with Gasteiger partial charge in [-0.2, -0.15) is 0 Å². The maximum atomic E-state index is 6.62. The van der Waals surface area contributed by atoms with E-state index in [2.05, 4.69) is 10.8 Å². The molecule has 0 amide bonds. The summed E-state index contributed by atoms with van der Waals surface area (Å²) in [5.74, 6) is 0. The minimum Gasteiger partial charge on any atom is -0.333 e. The van der Waals surface area contributed by atoms with Crippen molar-refractivity contribution >= 4 is 0 Å². The van der Waals surface area contributed by atoms with Crippen molar-refractivity contribution in [1.29, 1.82) is 0 Å². The summed E-state index contributed by atoms with van der Waals surface area (Å²) in [6, 6.07) is 0. The molecule has 4 N–H and O–H groups in total. The molecule has 0 aromatic heterocycles. The molecule has 0 rings (SSSR count). The molecule has 4 nitrogen and oxygen atoms in total. The summed E-state index contributed by atoms with van der Waals surface area (Å²) >= 11 is 0. The molecular weight excluding hydrogens is 74.0 g/mol. The Morgan fingerprint density at radius 1 is 1.40 bits per heavy atom. The highest BCUT2D eigenvalue weighted by Gasteiger charge is 1.27. The van der Waals surface area contributed by atoms with E-state index in [0.29, 0.717) is 0 Å². The van der Waals surface area contributed by atoms with E-state index in [0.717, 1.165) is 0 Å². The van der Waals surface area contributed by atoms with Crippen molar-refractivity contribution in [3.05, 3.63) is 0 Å². The highest BCUT2D eigenvalue weighted by Crippen LogP contribution is 1.24. The Balaban J connectivity index is 0. The van der Waals surface area contributed by atoms with Crippen LogP contribution >= 0.6 is 0 Å². The van der Waals surface area contributed by atoms with E-state index in [-0.39, 0.29) is 0 Å². The summed E-state index contributed by atoms with van der Waals surface area (Å²) in [6.07, 6.45) is 0. The van der Waals surface area contributed by atoms with Crippen molar-refractivity contribution in [3.8, 4) is 0 Å². The monoisotopic (exact) mass is 81.0 g/mol. The molecule has 0 heterocycles. The molecular formula is CH7NO3. The Morgan fingerprint density at radius 3 is 1.40 bits per heavy atom.